The zero-order chi connectivity index (χ0) is 18.9. The van der Waals surface area contributed by atoms with Gasteiger partial charge in [-0.2, -0.15) is 13.2 Å². The van der Waals surface area contributed by atoms with Gasteiger partial charge in [-0.25, -0.2) is 4.79 Å². The topological polar surface area (TPSA) is 32.3 Å². The van der Waals surface area contributed by atoms with E-state index in [1.54, 1.807) is 56.3 Å². The fraction of sp³-hybridized carbons (Fsp3) is 0.211. The minimum absolute atomic E-state index is 0.0130. The van der Waals surface area contributed by atoms with E-state index in [1.807, 2.05) is 0 Å². The first-order chi connectivity index (χ1) is 12.3. The second kappa shape index (κ2) is 6.72. The Kier molecular flexibility index (Phi) is 4.75. The summed E-state index contributed by atoms with van der Waals surface area (Å²) < 4.78 is 42.3. The summed E-state index contributed by atoms with van der Waals surface area (Å²) in [5.74, 6) is 0. The summed E-state index contributed by atoms with van der Waals surface area (Å²) in [6.07, 6.45) is -3.16. The highest BCUT2D eigenvalue weighted by atomic mass is 32.2. The van der Waals surface area contributed by atoms with Gasteiger partial charge in [-0.15, -0.1) is 0 Å². The van der Waals surface area contributed by atoms with Crippen molar-refractivity contribution in [3.63, 3.8) is 0 Å². The molecular weight excluding hydrogens is 361 g/mol. The van der Waals surface area contributed by atoms with Crippen LogP contribution in [0.2, 0.25) is 0 Å². The predicted molar refractivity (Wildman–Crippen MR) is 97.7 cm³/mol. The molecule has 2 aromatic carbocycles. The molecule has 1 N–H and O–H groups in total. The van der Waals surface area contributed by atoms with E-state index < -0.39 is 17.1 Å². The van der Waals surface area contributed by atoms with Gasteiger partial charge < -0.3 is 5.32 Å². The Hall–Kier alpha value is -2.41. The van der Waals surface area contributed by atoms with Crippen molar-refractivity contribution in [2.24, 2.45) is 0 Å². The van der Waals surface area contributed by atoms with Crippen LogP contribution in [0.25, 0.3) is 0 Å². The predicted octanol–water partition coefficient (Wildman–Crippen LogP) is 5.53. The van der Waals surface area contributed by atoms with Crippen LogP contribution in [0, 0.1) is 6.92 Å². The zero-order valence-corrected chi connectivity index (χ0v) is 15.0. The molecule has 26 heavy (non-hydrogen) atoms. The molecule has 1 aliphatic heterocycles. The second-order valence-corrected chi connectivity index (χ2v) is 7.11. The molecule has 1 unspecified atom stereocenters. The Morgan fingerprint density at radius 3 is 2.23 bits per heavy atom. The maximum Gasteiger partial charge on any atom is 0.425 e. The molecule has 1 heterocycles. The lowest BCUT2D eigenvalue weighted by molar-refractivity contribution is -0.167. The molecule has 3 rings (SSSR count). The number of aryl methyl sites for hydroxylation is 1. The highest BCUT2D eigenvalue weighted by Gasteiger charge is 2.61. The molecule has 0 radical (unpaired) electrons. The van der Waals surface area contributed by atoms with Crippen molar-refractivity contribution < 1.29 is 18.0 Å². The van der Waals surface area contributed by atoms with Crippen molar-refractivity contribution in [3.05, 3.63) is 76.8 Å². The third-order valence-corrected chi connectivity index (χ3v) is 5.59. The molecule has 0 aliphatic carbocycles. The first-order valence-corrected chi connectivity index (χ1v) is 8.76. The van der Waals surface area contributed by atoms with Crippen molar-refractivity contribution in [1.82, 2.24) is 5.32 Å². The number of amides is 2. The van der Waals surface area contributed by atoms with Gasteiger partial charge >= 0.3 is 12.2 Å². The van der Waals surface area contributed by atoms with Crippen LogP contribution in [0.1, 0.15) is 18.1 Å². The molecule has 0 saturated carbocycles. The summed E-state index contributed by atoms with van der Waals surface area (Å²) >= 11 is 0.582. The Morgan fingerprint density at radius 2 is 1.69 bits per heavy atom. The largest absolute Gasteiger partial charge is 0.425 e. The van der Waals surface area contributed by atoms with Crippen LogP contribution < -0.4 is 10.2 Å². The van der Waals surface area contributed by atoms with E-state index in [9.17, 15) is 18.0 Å². The second-order valence-electron chi connectivity index (χ2n) is 5.88. The number of carbonyl (C=O) groups is 1. The molecule has 1 saturated heterocycles. The third-order valence-electron chi connectivity index (χ3n) is 4.08. The quantitative estimate of drug-likeness (QED) is 0.745. The average molecular weight is 378 g/mol. The molecule has 1 fully saturated rings. The number of anilines is 1. The van der Waals surface area contributed by atoms with Crippen LogP contribution in [-0.4, -0.2) is 12.2 Å². The number of urea groups is 1. The summed E-state index contributed by atoms with van der Waals surface area (Å²) in [5.41, 5.74) is 1.33. The number of nitrogens with zero attached hydrogens (tertiary/aromatic N) is 1. The number of allylic oxidation sites excluding steroid dienone is 1. The van der Waals surface area contributed by atoms with Crippen molar-refractivity contribution in [3.8, 4) is 0 Å². The number of para-hydroxylation sites is 1. The number of nitrogens with one attached hydrogen (secondary N) is 1. The van der Waals surface area contributed by atoms with Crippen LogP contribution in [0.4, 0.5) is 23.7 Å². The van der Waals surface area contributed by atoms with Gasteiger partial charge in [0.1, 0.15) is 0 Å². The van der Waals surface area contributed by atoms with Crippen LogP contribution in [0.15, 0.2) is 65.7 Å². The summed E-state index contributed by atoms with van der Waals surface area (Å²) in [4.78, 5) is 11.4. The van der Waals surface area contributed by atoms with Crippen molar-refractivity contribution in [1.29, 1.82) is 0 Å². The Bertz CT molecular complexity index is 834. The first-order valence-electron chi connectivity index (χ1n) is 7.95. The van der Waals surface area contributed by atoms with Gasteiger partial charge in [0.05, 0.1) is 10.7 Å². The van der Waals surface area contributed by atoms with Gasteiger partial charge in [-0.3, -0.25) is 4.90 Å². The van der Waals surface area contributed by atoms with E-state index in [0.717, 1.165) is 5.56 Å². The summed E-state index contributed by atoms with van der Waals surface area (Å²) in [6.45, 7) is 3.41. The van der Waals surface area contributed by atoms with Crippen LogP contribution >= 0.6 is 11.8 Å². The summed E-state index contributed by atoms with van der Waals surface area (Å²) in [6, 6.07) is 13.8. The van der Waals surface area contributed by atoms with Crippen LogP contribution in [-0.2, 0) is 4.87 Å². The third kappa shape index (κ3) is 3.07. The van der Waals surface area contributed by atoms with E-state index in [-0.39, 0.29) is 10.6 Å². The Balaban J connectivity index is 2.10. The summed E-state index contributed by atoms with van der Waals surface area (Å²) in [5, 5.41) is 2.42. The highest BCUT2D eigenvalue weighted by molar-refractivity contribution is 8.04. The SMILES string of the molecule is CC=C1SC(c2ccc(C)cc2)(C(F)(F)F)NC(=O)N1c1ccccc1. The lowest BCUT2D eigenvalue weighted by Gasteiger charge is -2.44. The molecule has 0 spiro atoms. The molecule has 2 amide bonds. The van der Waals surface area contributed by atoms with Crippen molar-refractivity contribution >= 4 is 23.5 Å². The zero-order valence-electron chi connectivity index (χ0n) is 14.2. The Labute approximate surface area is 153 Å². The fourth-order valence-electron chi connectivity index (χ4n) is 2.76. The summed E-state index contributed by atoms with van der Waals surface area (Å²) in [7, 11) is 0. The number of alkyl halides is 3. The molecule has 1 atom stereocenters. The maximum absolute atomic E-state index is 14.1. The number of carbonyl (C=O) groups excluding carboxylic acids is 1. The number of hydrogen-bond acceptors (Lipinski definition) is 2. The smallest absolute Gasteiger partial charge is 0.311 e. The van der Waals surface area contributed by atoms with E-state index >= 15 is 0 Å². The molecule has 7 heteroatoms. The number of rotatable bonds is 2. The Morgan fingerprint density at radius 1 is 1.08 bits per heavy atom. The number of hydrogen-bond donors (Lipinski definition) is 1. The van der Waals surface area contributed by atoms with Gasteiger partial charge in [0.25, 0.3) is 0 Å². The lowest BCUT2D eigenvalue weighted by Crippen LogP contribution is -2.60. The van der Waals surface area contributed by atoms with Gasteiger partial charge in [-0.05, 0) is 31.5 Å². The first kappa shape index (κ1) is 18.4. The standard InChI is InChI=1S/C19H17F3N2OS/c1-3-16-24(15-7-5-4-6-8-15)17(25)23-18(26-16,19(20,21)22)14-11-9-13(2)10-12-14/h3-12H,1-2H3,(H,23,25). The molecule has 136 valence electrons. The lowest BCUT2D eigenvalue weighted by atomic mass is 10.0. The molecule has 3 nitrogen and oxygen atoms in total. The number of thioether (sulfide) groups is 1. The van der Waals surface area contributed by atoms with Gasteiger partial charge in [-0.1, -0.05) is 65.9 Å². The highest BCUT2D eigenvalue weighted by Crippen LogP contribution is 2.53. The minimum atomic E-state index is -4.68. The van der Waals surface area contributed by atoms with E-state index in [2.05, 4.69) is 5.32 Å². The maximum atomic E-state index is 14.1. The number of benzene rings is 2. The molecule has 0 aromatic heterocycles. The molecule has 1 aliphatic rings. The van der Waals surface area contributed by atoms with Crippen LogP contribution in [0.3, 0.4) is 0 Å². The molecule has 0 bridgehead atoms. The van der Waals surface area contributed by atoms with E-state index in [4.69, 9.17) is 0 Å². The molecular formula is C19H17F3N2OS. The van der Waals surface area contributed by atoms with Gasteiger partial charge in [0.15, 0.2) is 0 Å². The van der Waals surface area contributed by atoms with Crippen molar-refractivity contribution in [2.45, 2.75) is 24.9 Å². The van der Waals surface area contributed by atoms with E-state index in [0.29, 0.717) is 17.4 Å². The average Bonchev–Trinajstić information content (AvgIpc) is 2.61. The van der Waals surface area contributed by atoms with E-state index in [1.165, 1.54) is 23.1 Å². The fourth-order valence-corrected chi connectivity index (χ4v) is 3.98. The van der Waals surface area contributed by atoms with Gasteiger partial charge in [0, 0.05) is 0 Å². The van der Waals surface area contributed by atoms with Crippen LogP contribution in [0.5, 0.6) is 0 Å². The van der Waals surface area contributed by atoms with Gasteiger partial charge in [0.2, 0.25) is 4.87 Å². The van der Waals surface area contributed by atoms with Crippen molar-refractivity contribution in [2.75, 3.05) is 4.90 Å². The molecule has 2 aromatic rings. The number of halogens is 3. The monoisotopic (exact) mass is 378 g/mol. The minimum Gasteiger partial charge on any atom is -0.311 e. The normalized spacial score (nSPS) is 22.4.